The number of hydrogen-bond acceptors (Lipinski definition) is 1. The molecule has 0 atom stereocenters. The SMILES string of the molecule is Cc1ccc(Br)c(NC(=O)C(C)(C)C)c1C. The summed E-state index contributed by atoms with van der Waals surface area (Å²) in [5.74, 6) is 0.0295. The Morgan fingerprint density at radius 2 is 1.81 bits per heavy atom. The fourth-order valence-corrected chi connectivity index (χ4v) is 1.77. The van der Waals surface area contributed by atoms with Gasteiger partial charge in [0.1, 0.15) is 0 Å². The molecule has 0 aliphatic heterocycles. The molecule has 1 N–H and O–H groups in total. The molecule has 0 saturated heterocycles. The number of hydrogen-bond donors (Lipinski definition) is 1. The average molecular weight is 284 g/mol. The van der Waals surface area contributed by atoms with E-state index in [2.05, 4.69) is 21.2 Å². The molecule has 0 saturated carbocycles. The molecule has 3 heteroatoms. The van der Waals surface area contributed by atoms with Gasteiger partial charge in [0.25, 0.3) is 0 Å². The molecule has 88 valence electrons. The minimum absolute atomic E-state index is 0.0295. The molecule has 0 fully saturated rings. The van der Waals surface area contributed by atoms with Gasteiger partial charge in [-0.15, -0.1) is 0 Å². The Kier molecular flexibility index (Phi) is 3.79. The zero-order chi connectivity index (χ0) is 12.5. The van der Waals surface area contributed by atoms with Crippen molar-refractivity contribution in [2.45, 2.75) is 34.6 Å². The van der Waals surface area contributed by atoms with Gasteiger partial charge in [0.15, 0.2) is 0 Å². The molecule has 0 bridgehead atoms. The Morgan fingerprint density at radius 1 is 1.25 bits per heavy atom. The second-order valence-electron chi connectivity index (χ2n) is 5.07. The lowest BCUT2D eigenvalue weighted by molar-refractivity contribution is -0.123. The van der Waals surface area contributed by atoms with Gasteiger partial charge in [0.2, 0.25) is 5.91 Å². The fourth-order valence-electron chi connectivity index (χ4n) is 1.24. The van der Waals surface area contributed by atoms with Crippen molar-refractivity contribution in [1.29, 1.82) is 0 Å². The third-order valence-corrected chi connectivity index (χ3v) is 3.27. The van der Waals surface area contributed by atoms with Crippen LogP contribution in [0, 0.1) is 19.3 Å². The van der Waals surface area contributed by atoms with Crippen LogP contribution in [0.1, 0.15) is 31.9 Å². The number of benzene rings is 1. The Balaban J connectivity index is 3.07. The maximum atomic E-state index is 11.9. The summed E-state index contributed by atoms with van der Waals surface area (Å²) in [6, 6.07) is 3.99. The van der Waals surface area contributed by atoms with Gasteiger partial charge in [0.05, 0.1) is 5.69 Å². The average Bonchev–Trinajstić information content (AvgIpc) is 2.17. The molecule has 0 spiro atoms. The summed E-state index contributed by atoms with van der Waals surface area (Å²) in [6.45, 7) is 9.76. The second kappa shape index (κ2) is 4.58. The lowest BCUT2D eigenvalue weighted by Crippen LogP contribution is -2.28. The highest BCUT2D eigenvalue weighted by Gasteiger charge is 2.22. The lowest BCUT2D eigenvalue weighted by Gasteiger charge is -2.20. The number of anilines is 1. The lowest BCUT2D eigenvalue weighted by atomic mass is 9.95. The van der Waals surface area contributed by atoms with Crippen molar-refractivity contribution in [3.8, 4) is 0 Å². The first-order valence-corrected chi connectivity index (χ1v) is 6.10. The monoisotopic (exact) mass is 283 g/mol. The van der Waals surface area contributed by atoms with E-state index in [4.69, 9.17) is 0 Å². The van der Waals surface area contributed by atoms with E-state index in [0.29, 0.717) is 0 Å². The van der Waals surface area contributed by atoms with E-state index in [0.717, 1.165) is 15.7 Å². The van der Waals surface area contributed by atoms with Gasteiger partial charge in [-0.05, 0) is 47.0 Å². The minimum Gasteiger partial charge on any atom is -0.324 e. The van der Waals surface area contributed by atoms with Crippen molar-refractivity contribution in [1.82, 2.24) is 0 Å². The Morgan fingerprint density at radius 3 is 2.31 bits per heavy atom. The van der Waals surface area contributed by atoms with Gasteiger partial charge >= 0.3 is 0 Å². The standard InChI is InChI=1S/C13H18BrNO/c1-8-6-7-10(14)11(9(8)2)15-12(16)13(3,4)5/h6-7H,1-5H3,(H,15,16). The first-order valence-electron chi connectivity index (χ1n) is 5.30. The van der Waals surface area contributed by atoms with Crippen LogP contribution in [0.3, 0.4) is 0 Å². The van der Waals surface area contributed by atoms with Gasteiger partial charge in [-0.2, -0.15) is 0 Å². The molecule has 1 aromatic carbocycles. The molecule has 2 nitrogen and oxygen atoms in total. The number of halogens is 1. The predicted molar refractivity (Wildman–Crippen MR) is 71.7 cm³/mol. The first-order chi connectivity index (χ1) is 7.23. The molecule has 1 aromatic rings. The highest BCUT2D eigenvalue weighted by molar-refractivity contribution is 9.10. The molecule has 0 aliphatic carbocycles. The molecule has 0 aromatic heterocycles. The van der Waals surface area contributed by atoms with E-state index in [1.54, 1.807) is 0 Å². The maximum absolute atomic E-state index is 11.9. The van der Waals surface area contributed by atoms with Crippen LogP contribution in [0.5, 0.6) is 0 Å². The Bertz CT molecular complexity index is 419. The van der Waals surface area contributed by atoms with E-state index < -0.39 is 0 Å². The number of carbonyl (C=O) groups is 1. The molecule has 16 heavy (non-hydrogen) atoms. The van der Waals surface area contributed by atoms with Crippen molar-refractivity contribution >= 4 is 27.5 Å². The highest BCUT2D eigenvalue weighted by Crippen LogP contribution is 2.30. The van der Waals surface area contributed by atoms with Crippen LogP contribution < -0.4 is 5.32 Å². The summed E-state index contributed by atoms with van der Waals surface area (Å²) in [5, 5.41) is 2.97. The topological polar surface area (TPSA) is 29.1 Å². The summed E-state index contributed by atoms with van der Waals surface area (Å²) in [6.07, 6.45) is 0. The van der Waals surface area contributed by atoms with Crippen LogP contribution >= 0.6 is 15.9 Å². The number of rotatable bonds is 1. The summed E-state index contributed by atoms with van der Waals surface area (Å²) in [7, 11) is 0. The Hall–Kier alpha value is -0.830. The van der Waals surface area contributed by atoms with Crippen LogP contribution in [-0.2, 0) is 4.79 Å². The van der Waals surface area contributed by atoms with Gasteiger partial charge in [-0.25, -0.2) is 0 Å². The maximum Gasteiger partial charge on any atom is 0.229 e. The van der Waals surface area contributed by atoms with Crippen LogP contribution in [0.2, 0.25) is 0 Å². The van der Waals surface area contributed by atoms with E-state index in [1.807, 2.05) is 46.8 Å². The zero-order valence-corrected chi connectivity index (χ0v) is 12.0. The minimum atomic E-state index is -0.379. The van der Waals surface area contributed by atoms with Crippen LogP contribution in [0.25, 0.3) is 0 Å². The van der Waals surface area contributed by atoms with E-state index >= 15 is 0 Å². The smallest absolute Gasteiger partial charge is 0.229 e. The van der Waals surface area contributed by atoms with E-state index in [-0.39, 0.29) is 11.3 Å². The van der Waals surface area contributed by atoms with Crippen molar-refractivity contribution in [2.75, 3.05) is 5.32 Å². The van der Waals surface area contributed by atoms with Crippen molar-refractivity contribution < 1.29 is 4.79 Å². The molecular formula is C13H18BrNO. The molecular weight excluding hydrogens is 266 g/mol. The second-order valence-corrected chi connectivity index (χ2v) is 5.92. The normalized spacial score (nSPS) is 11.4. The highest BCUT2D eigenvalue weighted by atomic mass is 79.9. The number of nitrogens with one attached hydrogen (secondary N) is 1. The van der Waals surface area contributed by atoms with Crippen molar-refractivity contribution in [3.05, 3.63) is 27.7 Å². The largest absolute Gasteiger partial charge is 0.324 e. The zero-order valence-electron chi connectivity index (χ0n) is 10.4. The van der Waals surface area contributed by atoms with Crippen molar-refractivity contribution in [2.24, 2.45) is 5.41 Å². The van der Waals surface area contributed by atoms with Gasteiger partial charge < -0.3 is 5.32 Å². The molecule has 1 rings (SSSR count). The quantitative estimate of drug-likeness (QED) is 0.828. The Labute approximate surface area is 106 Å². The summed E-state index contributed by atoms with van der Waals surface area (Å²) in [5.41, 5.74) is 2.77. The molecule has 0 radical (unpaired) electrons. The molecule has 0 aliphatic rings. The van der Waals surface area contributed by atoms with Crippen LogP contribution in [0.4, 0.5) is 5.69 Å². The van der Waals surface area contributed by atoms with Crippen LogP contribution in [-0.4, -0.2) is 5.91 Å². The number of amides is 1. The van der Waals surface area contributed by atoms with Crippen LogP contribution in [0.15, 0.2) is 16.6 Å². The van der Waals surface area contributed by atoms with Gasteiger partial charge in [0, 0.05) is 9.89 Å². The first kappa shape index (κ1) is 13.2. The number of aryl methyl sites for hydroxylation is 1. The van der Waals surface area contributed by atoms with Gasteiger partial charge in [-0.3, -0.25) is 4.79 Å². The molecule has 0 heterocycles. The number of carbonyl (C=O) groups excluding carboxylic acids is 1. The summed E-state index contributed by atoms with van der Waals surface area (Å²) in [4.78, 5) is 11.9. The van der Waals surface area contributed by atoms with Crippen molar-refractivity contribution in [3.63, 3.8) is 0 Å². The third kappa shape index (κ3) is 2.85. The summed E-state index contributed by atoms with van der Waals surface area (Å²) < 4.78 is 0.924. The van der Waals surface area contributed by atoms with E-state index in [1.165, 1.54) is 5.56 Å². The summed E-state index contributed by atoms with van der Waals surface area (Å²) >= 11 is 3.46. The van der Waals surface area contributed by atoms with Gasteiger partial charge in [-0.1, -0.05) is 26.8 Å². The molecule has 0 unspecified atom stereocenters. The van der Waals surface area contributed by atoms with E-state index in [9.17, 15) is 4.79 Å². The predicted octanol–water partition coefficient (Wildman–Crippen LogP) is 4.05. The third-order valence-electron chi connectivity index (χ3n) is 2.60. The fraction of sp³-hybridized carbons (Fsp3) is 0.462. The molecule has 1 amide bonds.